The lowest BCUT2D eigenvalue weighted by Crippen LogP contribution is -2.57. The highest BCUT2D eigenvalue weighted by Gasteiger charge is 2.41. The van der Waals surface area contributed by atoms with Crippen molar-refractivity contribution in [2.75, 3.05) is 45.1 Å². The second kappa shape index (κ2) is 8.88. The van der Waals surface area contributed by atoms with Gasteiger partial charge >= 0.3 is 6.18 Å². The van der Waals surface area contributed by atoms with Crippen molar-refractivity contribution in [3.63, 3.8) is 0 Å². The fourth-order valence-corrected chi connectivity index (χ4v) is 2.75. The molecule has 144 valence electrons. The van der Waals surface area contributed by atoms with Crippen LogP contribution in [0.3, 0.4) is 0 Å². The van der Waals surface area contributed by atoms with Gasteiger partial charge in [-0.1, -0.05) is 18.2 Å². The minimum atomic E-state index is -4.22. The number of piperazine rings is 1. The minimum Gasteiger partial charge on any atom is -0.347 e. The van der Waals surface area contributed by atoms with Crippen molar-refractivity contribution < 1.29 is 18.0 Å². The molecule has 0 spiro atoms. The van der Waals surface area contributed by atoms with E-state index in [0.29, 0.717) is 24.7 Å². The van der Waals surface area contributed by atoms with Gasteiger partial charge in [-0.25, -0.2) is 0 Å². The van der Waals surface area contributed by atoms with Gasteiger partial charge < -0.3 is 15.5 Å². The number of amides is 1. The van der Waals surface area contributed by atoms with Crippen LogP contribution >= 0.6 is 0 Å². The number of nitrogens with zero attached hydrogens (tertiary/aromatic N) is 3. The molecule has 1 aliphatic rings. The molecular weight excluding hydrogens is 347 g/mol. The Hall–Kier alpha value is -2.29. The summed E-state index contributed by atoms with van der Waals surface area (Å²) in [6, 6.07) is 7.61. The first-order chi connectivity index (χ1) is 12.3. The number of rotatable bonds is 4. The monoisotopic (exact) mass is 371 g/mol. The van der Waals surface area contributed by atoms with E-state index in [1.54, 1.807) is 19.2 Å². The van der Waals surface area contributed by atoms with Crippen molar-refractivity contribution in [1.82, 2.24) is 15.1 Å². The molecule has 2 rings (SSSR count). The fraction of sp³-hybridized carbons (Fsp3) is 0.529. The van der Waals surface area contributed by atoms with Crippen LogP contribution in [0.4, 0.5) is 18.9 Å². The molecule has 1 aliphatic heterocycles. The molecule has 0 aliphatic carbocycles. The van der Waals surface area contributed by atoms with Gasteiger partial charge in [0.05, 0.1) is 6.54 Å². The van der Waals surface area contributed by atoms with Crippen molar-refractivity contribution in [3.05, 3.63) is 30.3 Å². The molecular formula is C17H24F3N5O. The third-order valence-corrected chi connectivity index (χ3v) is 4.31. The molecule has 1 amide bonds. The summed E-state index contributed by atoms with van der Waals surface area (Å²) in [5.41, 5.74) is 0.698. The van der Waals surface area contributed by atoms with Gasteiger partial charge in [0.15, 0.2) is 5.96 Å². The van der Waals surface area contributed by atoms with E-state index >= 15 is 0 Å². The molecule has 26 heavy (non-hydrogen) atoms. The topological polar surface area (TPSA) is 60.0 Å². The Morgan fingerprint density at radius 1 is 1.19 bits per heavy atom. The summed E-state index contributed by atoms with van der Waals surface area (Å²) in [6.07, 6.45) is -4.22. The number of anilines is 1. The van der Waals surface area contributed by atoms with E-state index in [-0.39, 0.29) is 25.5 Å². The lowest BCUT2D eigenvalue weighted by atomic mass is 10.2. The number of hydrogen-bond donors (Lipinski definition) is 2. The summed E-state index contributed by atoms with van der Waals surface area (Å²) in [5.74, 6) is 0.286. The van der Waals surface area contributed by atoms with Crippen molar-refractivity contribution in [2.24, 2.45) is 4.99 Å². The first kappa shape index (κ1) is 20.0. The number of carbonyl (C=O) groups is 1. The van der Waals surface area contributed by atoms with Crippen LogP contribution in [0.15, 0.2) is 35.3 Å². The van der Waals surface area contributed by atoms with Crippen LogP contribution in [0.5, 0.6) is 0 Å². The number of alkyl halides is 3. The number of aliphatic imine (C=N–C) groups is 1. The first-order valence-corrected chi connectivity index (χ1v) is 8.42. The second-order valence-electron chi connectivity index (χ2n) is 6.06. The quantitative estimate of drug-likeness (QED) is 0.626. The summed E-state index contributed by atoms with van der Waals surface area (Å²) in [4.78, 5) is 19.4. The van der Waals surface area contributed by atoms with Crippen LogP contribution in [0, 0.1) is 0 Å². The highest BCUT2D eigenvalue weighted by Crippen LogP contribution is 2.25. The minimum absolute atomic E-state index is 0.0285. The van der Waals surface area contributed by atoms with E-state index in [1.165, 1.54) is 11.8 Å². The molecule has 9 heteroatoms. The van der Waals surface area contributed by atoms with Crippen molar-refractivity contribution in [2.45, 2.75) is 19.1 Å². The van der Waals surface area contributed by atoms with Gasteiger partial charge in [0.2, 0.25) is 5.91 Å². The third kappa shape index (κ3) is 5.62. The van der Waals surface area contributed by atoms with Crippen LogP contribution in [0.25, 0.3) is 0 Å². The van der Waals surface area contributed by atoms with Gasteiger partial charge in [-0.3, -0.25) is 14.7 Å². The lowest BCUT2D eigenvalue weighted by molar-refractivity contribution is -0.181. The maximum Gasteiger partial charge on any atom is 0.403 e. The Morgan fingerprint density at radius 2 is 1.81 bits per heavy atom. The van der Waals surface area contributed by atoms with E-state index in [1.807, 2.05) is 23.1 Å². The Balaban J connectivity index is 1.80. The highest BCUT2D eigenvalue weighted by molar-refractivity contribution is 5.94. The average molecular weight is 371 g/mol. The van der Waals surface area contributed by atoms with Crippen LogP contribution in [0.2, 0.25) is 0 Å². The molecule has 1 heterocycles. The van der Waals surface area contributed by atoms with E-state index < -0.39 is 12.2 Å². The molecule has 0 radical (unpaired) electrons. The van der Waals surface area contributed by atoms with Gasteiger partial charge in [0.1, 0.15) is 6.04 Å². The zero-order chi connectivity index (χ0) is 19.2. The molecule has 1 aromatic rings. The number of carbonyl (C=O) groups excluding carboxylic acids is 1. The summed E-state index contributed by atoms with van der Waals surface area (Å²) in [6.45, 7) is 2.62. The standard InChI is InChI=1S/C17H24F3N5O/c1-13(17(18,19)20)24-8-10-25(11-9-24)16(21-2)22-12-15(26)23-14-6-4-3-5-7-14/h3-7,13H,8-12H2,1-2H3,(H,21,22)(H,23,26). The molecule has 1 fully saturated rings. The number of guanidine groups is 1. The summed E-state index contributed by atoms with van der Waals surface area (Å²) < 4.78 is 38.4. The Morgan fingerprint density at radius 3 is 2.35 bits per heavy atom. The number of nitrogens with one attached hydrogen (secondary N) is 2. The number of halogens is 3. The normalized spacial score (nSPS) is 17.7. The summed E-state index contributed by atoms with van der Waals surface area (Å²) in [7, 11) is 1.59. The molecule has 0 bridgehead atoms. The van der Waals surface area contributed by atoms with Crippen LogP contribution in [-0.2, 0) is 4.79 Å². The predicted molar refractivity (Wildman–Crippen MR) is 95.1 cm³/mol. The van der Waals surface area contributed by atoms with Gasteiger partial charge in [0.25, 0.3) is 0 Å². The average Bonchev–Trinajstić information content (AvgIpc) is 2.62. The number of hydrogen-bond acceptors (Lipinski definition) is 3. The number of para-hydroxylation sites is 1. The largest absolute Gasteiger partial charge is 0.403 e. The first-order valence-electron chi connectivity index (χ1n) is 8.42. The van der Waals surface area contributed by atoms with Crippen LogP contribution < -0.4 is 10.6 Å². The van der Waals surface area contributed by atoms with E-state index in [4.69, 9.17) is 0 Å². The van der Waals surface area contributed by atoms with Gasteiger partial charge in [-0.2, -0.15) is 13.2 Å². The van der Waals surface area contributed by atoms with E-state index in [9.17, 15) is 18.0 Å². The van der Waals surface area contributed by atoms with Crippen LogP contribution in [-0.4, -0.2) is 73.7 Å². The highest BCUT2D eigenvalue weighted by atomic mass is 19.4. The molecule has 0 saturated carbocycles. The zero-order valence-electron chi connectivity index (χ0n) is 14.9. The smallest absolute Gasteiger partial charge is 0.347 e. The number of benzene rings is 1. The summed E-state index contributed by atoms with van der Waals surface area (Å²) >= 11 is 0. The SMILES string of the molecule is CN=C(NCC(=O)Nc1ccccc1)N1CCN(C(C)C(F)(F)F)CC1. The molecule has 0 aromatic heterocycles. The van der Waals surface area contributed by atoms with Crippen LogP contribution in [0.1, 0.15) is 6.92 Å². The Kier molecular flexibility index (Phi) is 6.84. The van der Waals surface area contributed by atoms with Gasteiger partial charge in [-0.05, 0) is 19.1 Å². The molecule has 6 nitrogen and oxygen atoms in total. The van der Waals surface area contributed by atoms with Gasteiger partial charge in [0, 0.05) is 38.9 Å². The van der Waals surface area contributed by atoms with Crippen molar-refractivity contribution >= 4 is 17.6 Å². The Bertz CT molecular complexity index is 613. The maximum atomic E-state index is 12.8. The van der Waals surface area contributed by atoms with E-state index in [2.05, 4.69) is 15.6 Å². The van der Waals surface area contributed by atoms with Gasteiger partial charge in [-0.15, -0.1) is 0 Å². The Labute approximate surface area is 151 Å². The lowest BCUT2D eigenvalue weighted by Gasteiger charge is -2.39. The maximum absolute atomic E-state index is 12.8. The van der Waals surface area contributed by atoms with Crippen molar-refractivity contribution in [1.29, 1.82) is 0 Å². The molecule has 1 aromatic carbocycles. The molecule has 2 N–H and O–H groups in total. The molecule has 1 atom stereocenters. The third-order valence-electron chi connectivity index (χ3n) is 4.31. The second-order valence-corrected chi connectivity index (χ2v) is 6.06. The van der Waals surface area contributed by atoms with E-state index in [0.717, 1.165) is 0 Å². The summed E-state index contributed by atoms with van der Waals surface area (Å²) in [5, 5.41) is 5.71. The van der Waals surface area contributed by atoms with Crippen molar-refractivity contribution in [3.8, 4) is 0 Å². The molecule has 1 saturated heterocycles. The predicted octanol–water partition coefficient (Wildman–Crippen LogP) is 1.77. The fourth-order valence-electron chi connectivity index (χ4n) is 2.75. The zero-order valence-corrected chi connectivity index (χ0v) is 14.9. The molecule has 1 unspecified atom stereocenters.